The minimum absolute atomic E-state index is 0.0162. The molecule has 0 saturated carbocycles. The van der Waals surface area contributed by atoms with Crippen molar-refractivity contribution < 1.29 is 5.11 Å². The Morgan fingerprint density at radius 2 is 1.79 bits per heavy atom. The van der Waals surface area contributed by atoms with E-state index in [2.05, 4.69) is 4.98 Å². The maximum atomic E-state index is 12.4. The predicted octanol–water partition coefficient (Wildman–Crippen LogP) is 4.27. The highest BCUT2D eigenvalue weighted by molar-refractivity contribution is 6.16. The molecule has 1 N–H and O–H groups in total. The van der Waals surface area contributed by atoms with Gasteiger partial charge in [0.05, 0.1) is 22.0 Å². The molecule has 0 aliphatic heterocycles. The zero-order valence-corrected chi connectivity index (χ0v) is 15.6. The van der Waals surface area contributed by atoms with E-state index >= 15 is 0 Å². The third-order valence-electron chi connectivity index (χ3n) is 5.37. The van der Waals surface area contributed by atoms with Crippen LogP contribution in [0.5, 0.6) is 5.75 Å². The number of benzene rings is 4. The fourth-order valence-electron chi connectivity index (χ4n) is 4.02. The van der Waals surface area contributed by atoms with Gasteiger partial charge in [-0.25, -0.2) is 0 Å². The van der Waals surface area contributed by atoms with E-state index in [1.165, 1.54) is 0 Å². The van der Waals surface area contributed by atoms with Gasteiger partial charge in [0, 0.05) is 22.5 Å². The maximum absolute atomic E-state index is 12.4. The maximum Gasteiger partial charge on any atom is 0.186 e. The van der Waals surface area contributed by atoms with Crippen molar-refractivity contribution in [2.75, 3.05) is 0 Å². The monoisotopic (exact) mass is 366 g/mol. The van der Waals surface area contributed by atoms with E-state index in [4.69, 9.17) is 4.99 Å². The van der Waals surface area contributed by atoms with E-state index in [0.29, 0.717) is 16.1 Å². The van der Waals surface area contributed by atoms with Gasteiger partial charge in [-0.15, -0.1) is 0 Å². The molecule has 0 spiro atoms. The van der Waals surface area contributed by atoms with Gasteiger partial charge in [-0.2, -0.15) is 0 Å². The summed E-state index contributed by atoms with van der Waals surface area (Å²) in [5, 5.41) is 14.6. The number of rotatable bonds is 2. The topological polar surface area (TPSA) is 62.5 Å². The highest BCUT2D eigenvalue weighted by Crippen LogP contribution is 2.39. The molecule has 0 amide bonds. The number of aromatic hydroxyl groups is 1. The average molecular weight is 366 g/mol. The molecule has 4 nitrogen and oxygen atoms in total. The molecule has 0 atom stereocenters. The summed E-state index contributed by atoms with van der Waals surface area (Å²) in [5.41, 5.74) is 2.07. The van der Waals surface area contributed by atoms with Crippen molar-refractivity contribution in [3.8, 4) is 16.9 Å². The zero-order valence-electron chi connectivity index (χ0n) is 15.6. The molecule has 3 aromatic rings. The molecule has 0 radical (unpaired) electrons. The fraction of sp³-hybridized carbons (Fsp3) is 0.125. The Balaban J connectivity index is 1.97. The molecular weight excluding hydrogens is 348 g/mol. The van der Waals surface area contributed by atoms with Crippen LogP contribution in [0.15, 0.2) is 76.6 Å². The van der Waals surface area contributed by atoms with E-state index < -0.39 is 5.54 Å². The summed E-state index contributed by atoms with van der Waals surface area (Å²) in [6, 6.07) is 18.5. The molecule has 0 saturated heterocycles. The van der Waals surface area contributed by atoms with Gasteiger partial charge in [-0.3, -0.25) is 14.8 Å². The lowest BCUT2D eigenvalue weighted by Crippen LogP contribution is -2.21. The van der Waals surface area contributed by atoms with E-state index in [1.54, 1.807) is 18.3 Å². The van der Waals surface area contributed by atoms with Crippen molar-refractivity contribution >= 4 is 21.5 Å². The van der Waals surface area contributed by atoms with Crippen molar-refractivity contribution in [3.63, 3.8) is 0 Å². The summed E-state index contributed by atoms with van der Waals surface area (Å²) in [7, 11) is 0. The second-order valence-electron chi connectivity index (χ2n) is 7.61. The third kappa shape index (κ3) is 2.34. The summed E-state index contributed by atoms with van der Waals surface area (Å²) in [6.07, 6.45) is 1.76. The molecule has 1 aromatic heterocycles. The van der Waals surface area contributed by atoms with Gasteiger partial charge in [-0.1, -0.05) is 24.3 Å². The molecule has 2 aliphatic rings. The highest BCUT2D eigenvalue weighted by Gasteiger charge is 2.23. The Bertz CT molecular complexity index is 1410. The first-order valence-corrected chi connectivity index (χ1v) is 9.20. The van der Waals surface area contributed by atoms with Crippen LogP contribution in [0.3, 0.4) is 0 Å². The normalized spacial score (nSPS) is 13.1. The number of aromatic nitrogens is 1. The number of hydrogen-bond acceptors (Lipinski definition) is 4. The van der Waals surface area contributed by atoms with Crippen molar-refractivity contribution in [1.29, 1.82) is 0 Å². The van der Waals surface area contributed by atoms with E-state index in [-0.39, 0.29) is 11.2 Å². The van der Waals surface area contributed by atoms with Crippen LogP contribution in [0.25, 0.3) is 32.7 Å². The molecule has 2 aliphatic carbocycles. The summed E-state index contributed by atoms with van der Waals surface area (Å²) >= 11 is 0. The summed E-state index contributed by atoms with van der Waals surface area (Å²) in [4.78, 5) is 21.8. The Kier molecular flexibility index (Phi) is 3.40. The van der Waals surface area contributed by atoms with Gasteiger partial charge in [0.25, 0.3) is 0 Å². The quantitative estimate of drug-likeness (QED) is 0.475. The molecular formula is C24H18N2O2. The Hall–Kier alpha value is -3.53. The molecule has 0 fully saturated rings. The molecule has 5 rings (SSSR count). The molecule has 4 heteroatoms. The van der Waals surface area contributed by atoms with Crippen LogP contribution in [0.1, 0.15) is 19.5 Å². The van der Waals surface area contributed by atoms with E-state index in [1.807, 2.05) is 62.4 Å². The second-order valence-corrected chi connectivity index (χ2v) is 7.61. The molecule has 2 aromatic carbocycles. The lowest BCUT2D eigenvalue weighted by atomic mass is 9.88. The number of nitrogens with zero attached hydrogens (tertiary/aromatic N) is 2. The molecule has 0 bridgehead atoms. The Labute approximate surface area is 161 Å². The molecule has 0 unspecified atom stereocenters. The van der Waals surface area contributed by atoms with Crippen LogP contribution >= 0.6 is 0 Å². The zero-order chi connectivity index (χ0) is 19.5. The first-order chi connectivity index (χ1) is 13.5. The first kappa shape index (κ1) is 16.6. The van der Waals surface area contributed by atoms with Crippen LogP contribution in [0.4, 0.5) is 0 Å². The standard InChI is InChI=1S/C24H18N2O2/c1-24(2,20-5-3-4-12-25-20)26-17-13-15-8-10-18(27)16-9-6-14-7-11-19(28)23(17)22(14)21(15)16/h3-13,28H,1-2H3. The number of phenols is 1. The van der Waals surface area contributed by atoms with Crippen LogP contribution in [-0.2, 0) is 5.54 Å². The van der Waals surface area contributed by atoms with E-state index in [9.17, 15) is 9.90 Å². The summed E-state index contributed by atoms with van der Waals surface area (Å²) < 4.78 is 0. The molecule has 1 heterocycles. The van der Waals surface area contributed by atoms with Crippen molar-refractivity contribution in [3.05, 3.63) is 88.1 Å². The minimum atomic E-state index is -0.578. The van der Waals surface area contributed by atoms with Crippen molar-refractivity contribution in [2.45, 2.75) is 19.4 Å². The highest BCUT2D eigenvalue weighted by atomic mass is 16.3. The number of hydrogen-bond donors (Lipinski definition) is 1. The molecule has 28 heavy (non-hydrogen) atoms. The Morgan fingerprint density at radius 3 is 2.57 bits per heavy atom. The average Bonchev–Trinajstić information content (AvgIpc) is 2.69. The number of pyridine rings is 1. The van der Waals surface area contributed by atoms with Gasteiger partial charge in [-0.05, 0) is 61.2 Å². The van der Waals surface area contributed by atoms with E-state index in [0.717, 1.165) is 27.6 Å². The number of phenolic OH excluding ortho intramolecular Hbond substituents is 1. The fourth-order valence-corrected chi connectivity index (χ4v) is 4.02. The van der Waals surface area contributed by atoms with Crippen molar-refractivity contribution in [1.82, 2.24) is 4.98 Å². The Morgan fingerprint density at radius 1 is 0.964 bits per heavy atom. The van der Waals surface area contributed by atoms with Crippen LogP contribution in [0.2, 0.25) is 0 Å². The van der Waals surface area contributed by atoms with Crippen LogP contribution in [0, 0.1) is 0 Å². The summed E-state index contributed by atoms with van der Waals surface area (Å²) in [5.74, 6) is 0.161. The van der Waals surface area contributed by atoms with Crippen molar-refractivity contribution in [2.24, 2.45) is 4.99 Å². The largest absolute Gasteiger partial charge is 0.507 e. The molecule has 136 valence electrons. The second kappa shape index (κ2) is 5.73. The summed E-state index contributed by atoms with van der Waals surface area (Å²) in [6.45, 7) is 4.01. The lowest BCUT2D eigenvalue weighted by Gasteiger charge is -2.21. The first-order valence-electron chi connectivity index (χ1n) is 9.20. The smallest absolute Gasteiger partial charge is 0.186 e. The SMILES string of the molecule is CC(C)(N=c1cc2ccc(=O)c3ccc4ccc(O)c1c4c3-2)c1ccccn1. The van der Waals surface area contributed by atoms with Gasteiger partial charge in [0.1, 0.15) is 5.75 Å². The minimum Gasteiger partial charge on any atom is -0.507 e. The van der Waals surface area contributed by atoms with Crippen LogP contribution < -0.4 is 10.8 Å². The van der Waals surface area contributed by atoms with Gasteiger partial charge in [0.15, 0.2) is 5.43 Å². The van der Waals surface area contributed by atoms with Gasteiger partial charge < -0.3 is 5.11 Å². The van der Waals surface area contributed by atoms with Crippen LogP contribution in [-0.4, -0.2) is 10.1 Å². The van der Waals surface area contributed by atoms with Gasteiger partial charge >= 0.3 is 0 Å². The lowest BCUT2D eigenvalue weighted by molar-refractivity contribution is 0.480. The van der Waals surface area contributed by atoms with Gasteiger partial charge in [0.2, 0.25) is 0 Å². The third-order valence-corrected chi connectivity index (χ3v) is 5.37. The predicted molar refractivity (Wildman–Crippen MR) is 111 cm³/mol.